The van der Waals surface area contributed by atoms with Crippen LogP contribution in [0.5, 0.6) is 0 Å². The van der Waals surface area contributed by atoms with Crippen molar-refractivity contribution in [3.63, 3.8) is 0 Å². The molecular weight excluding hydrogens is 254 g/mol. The third-order valence-electron chi connectivity index (χ3n) is 4.99. The van der Waals surface area contributed by atoms with Crippen molar-refractivity contribution in [3.05, 3.63) is 53.2 Å². The van der Waals surface area contributed by atoms with E-state index < -0.39 is 0 Å². The second-order valence-electron chi connectivity index (χ2n) is 6.56. The number of rotatable bonds is 2. The largest absolute Gasteiger partial charge is 0.212 e. The number of benzene rings is 1. The molecule has 21 heavy (non-hydrogen) atoms. The molecule has 3 rings (SSSR count). The van der Waals surface area contributed by atoms with Crippen LogP contribution in [0.4, 0.5) is 0 Å². The number of hydrogen-bond acceptors (Lipinski definition) is 0. The Kier molecular flexibility index (Phi) is 4.10. The van der Waals surface area contributed by atoms with E-state index in [1.165, 1.54) is 54.5 Å². The van der Waals surface area contributed by atoms with Crippen LogP contribution in [-0.4, -0.2) is 0 Å². The maximum absolute atomic E-state index is 2.38. The summed E-state index contributed by atoms with van der Waals surface area (Å²) in [5.41, 5.74) is 7.04. The summed E-state index contributed by atoms with van der Waals surface area (Å²) in [6, 6.07) is 11.0. The highest BCUT2D eigenvalue weighted by molar-refractivity contribution is 5.61. The molecular formula is C20H26N+. The summed E-state index contributed by atoms with van der Waals surface area (Å²) in [6.07, 6.45) is 9.33. The second-order valence-corrected chi connectivity index (χ2v) is 6.56. The Bertz CT molecular complexity index is 636. The Morgan fingerprint density at radius 3 is 2.38 bits per heavy atom. The molecule has 0 radical (unpaired) electrons. The Labute approximate surface area is 128 Å². The monoisotopic (exact) mass is 280 g/mol. The van der Waals surface area contributed by atoms with Gasteiger partial charge in [-0.2, -0.15) is 0 Å². The number of aromatic nitrogens is 1. The summed E-state index contributed by atoms with van der Waals surface area (Å²) in [6.45, 7) is 4.48. The lowest BCUT2D eigenvalue weighted by molar-refractivity contribution is -0.661. The highest BCUT2D eigenvalue weighted by Gasteiger charge is 2.22. The standard InChI is InChI=1S/C20H26N/c1-15-9-7-8-12-18(15)20-13-16(2)19(14-21(20)3)17-10-5-4-6-11-17/h7-9,12-14,17H,4-6,10-11H2,1-3H3/q+1. The van der Waals surface area contributed by atoms with Crippen molar-refractivity contribution in [3.8, 4) is 11.3 Å². The fourth-order valence-electron chi connectivity index (χ4n) is 3.74. The smallest absolute Gasteiger partial charge is 0.201 e. The topological polar surface area (TPSA) is 3.88 Å². The molecule has 2 aromatic rings. The number of aryl methyl sites for hydroxylation is 3. The van der Waals surface area contributed by atoms with Crippen LogP contribution in [0.3, 0.4) is 0 Å². The van der Waals surface area contributed by atoms with Crippen LogP contribution in [0.25, 0.3) is 11.3 Å². The molecule has 1 aromatic heterocycles. The first-order chi connectivity index (χ1) is 10.2. The maximum Gasteiger partial charge on any atom is 0.212 e. The molecule has 110 valence electrons. The first kappa shape index (κ1) is 14.3. The van der Waals surface area contributed by atoms with Crippen LogP contribution in [0.15, 0.2) is 36.5 Å². The minimum atomic E-state index is 0.774. The van der Waals surface area contributed by atoms with Crippen molar-refractivity contribution in [2.75, 3.05) is 0 Å². The van der Waals surface area contributed by atoms with Gasteiger partial charge in [-0.1, -0.05) is 37.5 Å². The molecule has 1 aromatic carbocycles. The normalized spacial score (nSPS) is 16.1. The predicted molar refractivity (Wildman–Crippen MR) is 88.4 cm³/mol. The minimum absolute atomic E-state index is 0.774. The van der Waals surface area contributed by atoms with Gasteiger partial charge in [0.1, 0.15) is 7.05 Å². The van der Waals surface area contributed by atoms with Gasteiger partial charge in [0, 0.05) is 17.2 Å². The van der Waals surface area contributed by atoms with Gasteiger partial charge in [-0.15, -0.1) is 0 Å². The van der Waals surface area contributed by atoms with Crippen molar-refractivity contribution >= 4 is 0 Å². The van der Waals surface area contributed by atoms with Crippen LogP contribution in [-0.2, 0) is 7.05 Å². The van der Waals surface area contributed by atoms with Gasteiger partial charge in [-0.3, -0.25) is 0 Å². The van der Waals surface area contributed by atoms with Gasteiger partial charge in [0.25, 0.3) is 0 Å². The van der Waals surface area contributed by atoms with Crippen LogP contribution in [0, 0.1) is 13.8 Å². The summed E-state index contributed by atoms with van der Waals surface area (Å²) >= 11 is 0. The fraction of sp³-hybridized carbons (Fsp3) is 0.450. The molecule has 0 amide bonds. The molecule has 0 aliphatic heterocycles. The zero-order chi connectivity index (χ0) is 14.8. The van der Waals surface area contributed by atoms with Crippen LogP contribution < -0.4 is 4.57 Å². The molecule has 0 atom stereocenters. The van der Waals surface area contributed by atoms with Crippen molar-refractivity contribution < 1.29 is 4.57 Å². The van der Waals surface area contributed by atoms with Gasteiger partial charge >= 0.3 is 0 Å². The molecule has 1 heterocycles. The first-order valence-corrected chi connectivity index (χ1v) is 8.23. The van der Waals surface area contributed by atoms with Crippen molar-refractivity contribution in [2.45, 2.75) is 51.9 Å². The Morgan fingerprint density at radius 1 is 0.952 bits per heavy atom. The van der Waals surface area contributed by atoms with Crippen LogP contribution in [0.2, 0.25) is 0 Å². The minimum Gasteiger partial charge on any atom is -0.201 e. The highest BCUT2D eigenvalue weighted by Crippen LogP contribution is 2.34. The van der Waals surface area contributed by atoms with E-state index in [1.807, 2.05) is 0 Å². The predicted octanol–water partition coefficient (Wildman–Crippen LogP) is 4.84. The van der Waals surface area contributed by atoms with Gasteiger partial charge in [0.2, 0.25) is 5.69 Å². The number of hydrogen-bond donors (Lipinski definition) is 0. The Hall–Kier alpha value is -1.63. The van der Waals surface area contributed by atoms with E-state index in [0.29, 0.717) is 0 Å². The molecule has 1 aliphatic carbocycles. The average molecular weight is 280 g/mol. The molecule has 0 bridgehead atoms. The van der Waals surface area contributed by atoms with Gasteiger partial charge in [0.05, 0.1) is 0 Å². The van der Waals surface area contributed by atoms with E-state index in [9.17, 15) is 0 Å². The first-order valence-electron chi connectivity index (χ1n) is 8.23. The lowest BCUT2D eigenvalue weighted by atomic mass is 9.83. The molecule has 1 nitrogen and oxygen atoms in total. The average Bonchev–Trinajstić information content (AvgIpc) is 2.51. The van der Waals surface area contributed by atoms with Gasteiger partial charge in [-0.25, -0.2) is 4.57 Å². The third kappa shape index (κ3) is 2.88. The fourth-order valence-corrected chi connectivity index (χ4v) is 3.74. The highest BCUT2D eigenvalue weighted by atomic mass is 14.9. The molecule has 1 aliphatic rings. The lowest BCUT2D eigenvalue weighted by Crippen LogP contribution is -2.32. The summed E-state index contributed by atoms with van der Waals surface area (Å²) < 4.78 is 2.32. The van der Waals surface area contributed by atoms with Gasteiger partial charge in [-0.05, 0) is 49.8 Å². The van der Waals surface area contributed by atoms with E-state index in [-0.39, 0.29) is 0 Å². The number of nitrogens with zero attached hydrogens (tertiary/aromatic N) is 1. The van der Waals surface area contributed by atoms with E-state index in [2.05, 4.69) is 62.0 Å². The summed E-state index contributed by atoms with van der Waals surface area (Å²) in [7, 11) is 2.19. The maximum atomic E-state index is 2.38. The van der Waals surface area contributed by atoms with Crippen molar-refractivity contribution in [2.24, 2.45) is 7.05 Å². The summed E-state index contributed by atoms with van der Waals surface area (Å²) in [5, 5.41) is 0. The van der Waals surface area contributed by atoms with Crippen molar-refractivity contribution in [1.82, 2.24) is 0 Å². The number of pyridine rings is 1. The Morgan fingerprint density at radius 2 is 1.67 bits per heavy atom. The molecule has 1 heteroatoms. The van der Waals surface area contributed by atoms with E-state index in [1.54, 1.807) is 5.56 Å². The van der Waals surface area contributed by atoms with Crippen molar-refractivity contribution in [1.29, 1.82) is 0 Å². The van der Waals surface area contributed by atoms with Gasteiger partial charge < -0.3 is 0 Å². The van der Waals surface area contributed by atoms with E-state index >= 15 is 0 Å². The van der Waals surface area contributed by atoms with E-state index in [0.717, 1.165) is 5.92 Å². The molecule has 1 fully saturated rings. The zero-order valence-electron chi connectivity index (χ0n) is 13.5. The van der Waals surface area contributed by atoms with Crippen LogP contribution in [0.1, 0.15) is 54.7 Å². The second kappa shape index (κ2) is 6.01. The molecule has 0 N–H and O–H groups in total. The molecule has 1 saturated carbocycles. The lowest BCUT2D eigenvalue weighted by Gasteiger charge is -2.22. The molecule has 0 unspecified atom stereocenters. The Balaban J connectivity index is 2.02. The quantitative estimate of drug-likeness (QED) is 0.693. The molecule has 0 saturated heterocycles. The third-order valence-corrected chi connectivity index (χ3v) is 4.99. The SMILES string of the molecule is Cc1ccccc1-c1cc(C)c(C2CCCCC2)c[n+]1C. The summed E-state index contributed by atoms with van der Waals surface area (Å²) in [4.78, 5) is 0. The molecule has 0 spiro atoms. The van der Waals surface area contributed by atoms with Crippen LogP contribution >= 0.6 is 0 Å². The van der Waals surface area contributed by atoms with E-state index in [4.69, 9.17) is 0 Å². The summed E-state index contributed by atoms with van der Waals surface area (Å²) in [5.74, 6) is 0.774. The van der Waals surface area contributed by atoms with Gasteiger partial charge in [0.15, 0.2) is 6.20 Å². The zero-order valence-corrected chi connectivity index (χ0v) is 13.5.